The van der Waals surface area contributed by atoms with Crippen LogP contribution in [0.5, 0.6) is 5.75 Å². The van der Waals surface area contributed by atoms with Gasteiger partial charge in [-0.25, -0.2) is 9.67 Å². The van der Waals surface area contributed by atoms with Crippen molar-refractivity contribution in [2.24, 2.45) is 0 Å². The van der Waals surface area contributed by atoms with Crippen LogP contribution in [0, 0.1) is 0 Å². The molecule has 0 atom stereocenters. The van der Waals surface area contributed by atoms with Crippen LogP contribution in [-0.2, 0) is 4.79 Å². The molecule has 3 rings (SSSR count). The van der Waals surface area contributed by atoms with E-state index in [4.69, 9.17) is 4.74 Å². The Bertz CT molecular complexity index is 816. The molecule has 0 saturated carbocycles. The molecule has 0 N–H and O–H groups in total. The van der Waals surface area contributed by atoms with Gasteiger partial charge in [-0.2, -0.15) is 5.10 Å². The van der Waals surface area contributed by atoms with Crippen molar-refractivity contribution in [3.05, 3.63) is 67.3 Å². The molecule has 0 fully saturated rings. The molecule has 0 aliphatic rings. The van der Waals surface area contributed by atoms with E-state index in [1.54, 1.807) is 15.9 Å². The number of carbonyl (C=O) groups is 1. The highest BCUT2D eigenvalue weighted by molar-refractivity contribution is 5.94. The molecule has 6 heteroatoms. The first-order valence-corrected chi connectivity index (χ1v) is 8.10. The van der Waals surface area contributed by atoms with Crippen LogP contribution in [0.15, 0.2) is 67.3 Å². The van der Waals surface area contributed by atoms with E-state index >= 15 is 0 Å². The topological polar surface area (TPSA) is 60.2 Å². The predicted octanol–water partition coefficient (Wildman–Crippen LogP) is 3.09. The van der Waals surface area contributed by atoms with E-state index in [1.807, 2.05) is 68.4 Å². The van der Waals surface area contributed by atoms with Gasteiger partial charge in [0.2, 0.25) is 0 Å². The quantitative estimate of drug-likeness (QED) is 0.694. The molecular weight excluding hydrogens is 316 g/mol. The number of nitrogens with zero attached hydrogens (tertiary/aromatic N) is 4. The van der Waals surface area contributed by atoms with E-state index < -0.39 is 0 Å². The van der Waals surface area contributed by atoms with Crippen molar-refractivity contribution >= 4 is 11.6 Å². The average Bonchev–Trinajstić information content (AvgIpc) is 3.16. The molecule has 6 nitrogen and oxygen atoms in total. The first-order valence-electron chi connectivity index (χ1n) is 8.10. The lowest BCUT2D eigenvalue weighted by molar-refractivity contribution is -0.120. The lowest BCUT2D eigenvalue weighted by Crippen LogP contribution is -2.40. The highest BCUT2D eigenvalue weighted by Gasteiger charge is 2.19. The van der Waals surface area contributed by atoms with E-state index in [2.05, 4.69) is 10.1 Å². The molecule has 0 saturated heterocycles. The zero-order chi connectivity index (χ0) is 17.6. The minimum Gasteiger partial charge on any atom is -0.484 e. The molecule has 1 aromatic heterocycles. The van der Waals surface area contributed by atoms with Crippen molar-refractivity contribution in [1.82, 2.24) is 14.8 Å². The van der Waals surface area contributed by atoms with Crippen molar-refractivity contribution < 1.29 is 9.53 Å². The van der Waals surface area contributed by atoms with Gasteiger partial charge >= 0.3 is 0 Å². The molecule has 128 valence electrons. The van der Waals surface area contributed by atoms with Gasteiger partial charge in [0.1, 0.15) is 18.4 Å². The molecule has 1 heterocycles. The maximum Gasteiger partial charge on any atom is 0.265 e. The van der Waals surface area contributed by atoms with Crippen LogP contribution in [0.2, 0.25) is 0 Å². The van der Waals surface area contributed by atoms with Crippen molar-refractivity contribution in [2.45, 2.75) is 19.9 Å². The van der Waals surface area contributed by atoms with Gasteiger partial charge in [-0.3, -0.25) is 4.79 Å². The Balaban J connectivity index is 1.70. The molecule has 0 radical (unpaired) electrons. The van der Waals surface area contributed by atoms with Gasteiger partial charge in [0.15, 0.2) is 6.61 Å². The van der Waals surface area contributed by atoms with E-state index in [0.717, 1.165) is 11.4 Å². The maximum atomic E-state index is 12.6. The summed E-state index contributed by atoms with van der Waals surface area (Å²) in [6, 6.07) is 17.0. The summed E-state index contributed by atoms with van der Waals surface area (Å²) in [5.74, 6) is 0.519. The predicted molar refractivity (Wildman–Crippen MR) is 95.9 cm³/mol. The molecule has 1 amide bonds. The highest BCUT2D eigenvalue weighted by atomic mass is 16.5. The zero-order valence-electron chi connectivity index (χ0n) is 14.2. The fraction of sp³-hybridized carbons (Fsp3) is 0.211. The minimum absolute atomic E-state index is 0.0338. The van der Waals surface area contributed by atoms with Crippen LogP contribution < -0.4 is 9.64 Å². The summed E-state index contributed by atoms with van der Waals surface area (Å²) in [6.45, 7) is 3.93. The summed E-state index contributed by atoms with van der Waals surface area (Å²) < 4.78 is 7.34. The Labute approximate surface area is 146 Å². The molecule has 3 aromatic rings. The molecule has 2 aromatic carbocycles. The smallest absolute Gasteiger partial charge is 0.265 e. The van der Waals surface area contributed by atoms with E-state index in [1.165, 1.54) is 6.33 Å². The third-order valence-electron chi connectivity index (χ3n) is 3.68. The van der Waals surface area contributed by atoms with E-state index in [9.17, 15) is 4.79 Å². The fourth-order valence-electron chi connectivity index (χ4n) is 2.59. The Morgan fingerprint density at radius 1 is 1.16 bits per heavy atom. The van der Waals surface area contributed by atoms with Gasteiger partial charge in [0.25, 0.3) is 5.91 Å². The normalized spacial score (nSPS) is 10.7. The van der Waals surface area contributed by atoms with Crippen molar-refractivity contribution in [1.29, 1.82) is 0 Å². The number of benzene rings is 2. The minimum atomic E-state index is -0.0904. The van der Waals surface area contributed by atoms with Crippen molar-refractivity contribution in [3.8, 4) is 11.4 Å². The van der Waals surface area contributed by atoms with Gasteiger partial charge in [-0.05, 0) is 38.1 Å². The van der Waals surface area contributed by atoms with Crippen LogP contribution in [0.3, 0.4) is 0 Å². The number of rotatable bonds is 6. The summed E-state index contributed by atoms with van der Waals surface area (Å²) in [4.78, 5) is 18.3. The third kappa shape index (κ3) is 4.03. The van der Waals surface area contributed by atoms with E-state index in [-0.39, 0.29) is 18.6 Å². The first-order chi connectivity index (χ1) is 12.1. The maximum absolute atomic E-state index is 12.6. The highest BCUT2D eigenvalue weighted by Crippen LogP contribution is 2.19. The first kappa shape index (κ1) is 16.7. The van der Waals surface area contributed by atoms with Crippen LogP contribution in [0.1, 0.15) is 13.8 Å². The summed E-state index contributed by atoms with van der Waals surface area (Å²) >= 11 is 0. The number of para-hydroxylation sites is 1. The molecule has 0 unspecified atom stereocenters. The Morgan fingerprint density at radius 3 is 2.64 bits per heavy atom. The molecule has 0 aliphatic carbocycles. The number of hydrogen-bond acceptors (Lipinski definition) is 4. The third-order valence-corrected chi connectivity index (χ3v) is 3.68. The molecular formula is C19H20N4O2. The van der Waals surface area contributed by atoms with Crippen LogP contribution >= 0.6 is 0 Å². The van der Waals surface area contributed by atoms with Gasteiger partial charge in [0.05, 0.1) is 5.69 Å². The number of carbonyl (C=O) groups excluding carboxylic acids is 1. The Kier molecular flexibility index (Phi) is 5.09. The second-order valence-corrected chi connectivity index (χ2v) is 5.82. The summed E-state index contributed by atoms with van der Waals surface area (Å²) in [7, 11) is 0. The Morgan fingerprint density at radius 2 is 1.96 bits per heavy atom. The van der Waals surface area contributed by atoms with Gasteiger partial charge in [0, 0.05) is 17.8 Å². The number of ether oxygens (including phenoxy) is 1. The number of amides is 1. The second-order valence-electron chi connectivity index (χ2n) is 5.82. The number of aromatic nitrogens is 3. The lowest BCUT2D eigenvalue weighted by Gasteiger charge is -2.26. The molecule has 0 bridgehead atoms. The van der Waals surface area contributed by atoms with Crippen molar-refractivity contribution in [2.75, 3.05) is 11.5 Å². The summed E-state index contributed by atoms with van der Waals surface area (Å²) in [5, 5.41) is 4.09. The van der Waals surface area contributed by atoms with Crippen LogP contribution in [0.4, 0.5) is 5.69 Å². The van der Waals surface area contributed by atoms with Gasteiger partial charge in [-0.15, -0.1) is 0 Å². The standard InChI is InChI=1S/C19H20N4O2/c1-15(2)23(16-7-4-3-5-8-16)19(24)12-25-18-10-6-9-17(11-18)22-14-20-13-21-22/h3-11,13-15H,12H2,1-2H3. The molecule has 25 heavy (non-hydrogen) atoms. The largest absolute Gasteiger partial charge is 0.484 e. The van der Waals surface area contributed by atoms with Gasteiger partial charge in [-0.1, -0.05) is 24.3 Å². The van der Waals surface area contributed by atoms with Crippen LogP contribution in [0.25, 0.3) is 5.69 Å². The monoisotopic (exact) mass is 336 g/mol. The van der Waals surface area contributed by atoms with E-state index in [0.29, 0.717) is 5.75 Å². The molecule has 0 aliphatic heterocycles. The average molecular weight is 336 g/mol. The lowest BCUT2D eigenvalue weighted by atomic mass is 10.2. The SMILES string of the molecule is CC(C)N(C(=O)COc1cccc(-n2cncn2)c1)c1ccccc1. The summed E-state index contributed by atoms with van der Waals surface area (Å²) in [6.07, 6.45) is 3.08. The van der Waals surface area contributed by atoms with Crippen molar-refractivity contribution in [3.63, 3.8) is 0 Å². The fourth-order valence-corrected chi connectivity index (χ4v) is 2.59. The molecule has 0 spiro atoms. The number of anilines is 1. The Hall–Kier alpha value is -3.15. The summed E-state index contributed by atoms with van der Waals surface area (Å²) in [5.41, 5.74) is 1.69. The van der Waals surface area contributed by atoms with Gasteiger partial charge < -0.3 is 9.64 Å². The number of hydrogen-bond donors (Lipinski definition) is 0. The zero-order valence-corrected chi connectivity index (χ0v) is 14.2. The second kappa shape index (κ2) is 7.61. The van der Waals surface area contributed by atoms with Crippen LogP contribution in [-0.4, -0.2) is 33.3 Å².